The number of hydrogen-bond donors (Lipinski definition) is 1. The van der Waals surface area contributed by atoms with Crippen molar-refractivity contribution in [3.05, 3.63) is 47.0 Å². The highest BCUT2D eigenvalue weighted by Crippen LogP contribution is 2.42. The second-order valence-electron chi connectivity index (χ2n) is 5.89. The van der Waals surface area contributed by atoms with E-state index in [2.05, 4.69) is 10.4 Å². The first-order valence-electron chi connectivity index (χ1n) is 7.45. The van der Waals surface area contributed by atoms with Gasteiger partial charge in [-0.1, -0.05) is 0 Å². The minimum Gasteiger partial charge on any atom is -0.324 e. The van der Waals surface area contributed by atoms with Gasteiger partial charge in [0.1, 0.15) is 12.4 Å². The van der Waals surface area contributed by atoms with Crippen LogP contribution in [0, 0.1) is 12.7 Å². The van der Waals surface area contributed by atoms with Gasteiger partial charge in [-0.15, -0.1) is 0 Å². The summed E-state index contributed by atoms with van der Waals surface area (Å²) in [5.74, 6) is -0.916. The van der Waals surface area contributed by atoms with Gasteiger partial charge in [-0.2, -0.15) is 18.3 Å². The topological polar surface area (TPSA) is 46.9 Å². The van der Waals surface area contributed by atoms with Gasteiger partial charge in [0.15, 0.2) is 5.69 Å². The lowest BCUT2D eigenvalue weighted by Crippen LogP contribution is -2.21. The number of halogens is 4. The summed E-state index contributed by atoms with van der Waals surface area (Å²) in [5.41, 5.74) is 0.378. The molecule has 24 heavy (non-hydrogen) atoms. The molecule has 4 nitrogen and oxygen atoms in total. The van der Waals surface area contributed by atoms with E-state index >= 15 is 0 Å². The molecule has 3 rings (SSSR count). The van der Waals surface area contributed by atoms with Crippen molar-refractivity contribution in [2.75, 3.05) is 5.32 Å². The van der Waals surface area contributed by atoms with Crippen LogP contribution in [0.1, 0.15) is 35.7 Å². The second-order valence-corrected chi connectivity index (χ2v) is 5.89. The maximum Gasteiger partial charge on any atom is 0.435 e. The Hall–Kier alpha value is -2.38. The van der Waals surface area contributed by atoms with E-state index in [4.69, 9.17) is 0 Å². The van der Waals surface area contributed by atoms with Crippen molar-refractivity contribution in [3.63, 3.8) is 0 Å². The van der Waals surface area contributed by atoms with E-state index in [0.29, 0.717) is 16.9 Å². The molecule has 1 aromatic carbocycles. The predicted molar refractivity (Wildman–Crippen MR) is 79.0 cm³/mol. The quantitative estimate of drug-likeness (QED) is 0.859. The van der Waals surface area contributed by atoms with Crippen LogP contribution in [0.4, 0.5) is 23.2 Å². The molecular formula is C16H15F4N3O. The SMILES string of the molecule is Cc1cc(F)ccc1NC(=O)Cn1nc(C(F)(F)F)cc1C1CC1. The number of carbonyl (C=O) groups is 1. The van der Waals surface area contributed by atoms with E-state index in [0.717, 1.165) is 23.6 Å². The molecule has 0 unspecified atom stereocenters. The van der Waals surface area contributed by atoms with Crippen LogP contribution < -0.4 is 5.32 Å². The van der Waals surface area contributed by atoms with E-state index < -0.39 is 23.6 Å². The summed E-state index contributed by atoms with van der Waals surface area (Å²) in [4.78, 5) is 12.1. The lowest BCUT2D eigenvalue weighted by molar-refractivity contribution is -0.141. The van der Waals surface area contributed by atoms with Gasteiger partial charge in [0.2, 0.25) is 5.91 Å². The van der Waals surface area contributed by atoms with Gasteiger partial charge in [-0.3, -0.25) is 9.48 Å². The summed E-state index contributed by atoms with van der Waals surface area (Å²) in [6, 6.07) is 4.89. The molecule has 8 heteroatoms. The van der Waals surface area contributed by atoms with E-state index in [9.17, 15) is 22.4 Å². The highest BCUT2D eigenvalue weighted by Gasteiger charge is 2.38. The Morgan fingerprint density at radius 2 is 2.04 bits per heavy atom. The van der Waals surface area contributed by atoms with Gasteiger partial charge in [0.25, 0.3) is 0 Å². The van der Waals surface area contributed by atoms with Gasteiger partial charge in [0, 0.05) is 17.3 Å². The van der Waals surface area contributed by atoms with Crippen LogP contribution in [0.3, 0.4) is 0 Å². The van der Waals surface area contributed by atoms with E-state index in [1.165, 1.54) is 18.2 Å². The standard InChI is InChI=1S/C16H15F4N3O/c1-9-6-11(17)4-5-12(9)21-15(24)8-23-13(10-2-3-10)7-14(22-23)16(18,19)20/h4-7,10H,2-3,8H2,1H3,(H,21,24). The number of rotatable bonds is 4. The summed E-state index contributed by atoms with van der Waals surface area (Å²) in [6.45, 7) is 1.31. The third kappa shape index (κ3) is 3.58. The van der Waals surface area contributed by atoms with Crippen molar-refractivity contribution in [1.29, 1.82) is 0 Å². The Morgan fingerprint density at radius 1 is 1.33 bits per heavy atom. The molecule has 1 amide bonds. The maximum absolute atomic E-state index is 13.1. The van der Waals surface area contributed by atoms with Crippen molar-refractivity contribution in [3.8, 4) is 0 Å². The summed E-state index contributed by atoms with van der Waals surface area (Å²) < 4.78 is 52.7. The van der Waals surface area contributed by atoms with Gasteiger partial charge >= 0.3 is 6.18 Å². The number of benzene rings is 1. The number of hydrogen-bond acceptors (Lipinski definition) is 2. The average Bonchev–Trinajstić information content (AvgIpc) is 3.22. The van der Waals surface area contributed by atoms with Crippen molar-refractivity contribution in [2.24, 2.45) is 0 Å². The van der Waals surface area contributed by atoms with Crippen LogP contribution in [-0.2, 0) is 17.5 Å². The second kappa shape index (κ2) is 5.92. The molecule has 1 N–H and O–H groups in total. The van der Waals surface area contributed by atoms with Crippen LogP contribution in [0.2, 0.25) is 0 Å². The molecule has 2 aromatic rings. The number of anilines is 1. The largest absolute Gasteiger partial charge is 0.435 e. The highest BCUT2D eigenvalue weighted by molar-refractivity contribution is 5.91. The molecule has 0 spiro atoms. The Morgan fingerprint density at radius 3 is 2.62 bits per heavy atom. The molecule has 1 fully saturated rings. The minimum absolute atomic E-state index is 0.0222. The molecule has 0 radical (unpaired) electrons. The van der Waals surface area contributed by atoms with E-state index in [1.807, 2.05) is 0 Å². The fourth-order valence-corrected chi connectivity index (χ4v) is 2.50. The van der Waals surface area contributed by atoms with Crippen molar-refractivity contribution in [1.82, 2.24) is 9.78 Å². The first-order valence-corrected chi connectivity index (χ1v) is 7.45. The monoisotopic (exact) mass is 341 g/mol. The Kier molecular flexibility index (Phi) is 4.06. The number of aromatic nitrogens is 2. The highest BCUT2D eigenvalue weighted by atomic mass is 19.4. The number of amides is 1. The van der Waals surface area contributed by atoms with E-state index in [-0.39, 0.29) is 12.5 Å². The lowest BCUT2D eigenvalue weighted by atomic mass is 10.2. The smallest absolute Gasteiger partial charge is 0.324 e. The van der Waals surface area contributed by atoms with Crippen LogP contribution in [0.5, 0.6) is 0 Å². The summed E-state index contributed by atoms with van der Waals surface area (Å²) >= 11 is 0. The third-order valence-electron chi connectivity index (χ3n) is 3.85. The Balaban J connectivity index is 1.77. The molecule has 1 saturated carbocycles. The normalized spacial score (nSPS) is 14.7. The first kappa shape index (κ1) is 16.5. The number of alkyl halides is 3. The Bertz CT molecular complexity index is 778. The van der Waals surface area contributed by atoms with Gasteiger partial charge in [-0.25, -0.2) is 4.39 Å². The lowest BCUT2D eigenvalue weighted by Gasteiger charge is -2.10. The Labute approximate surface area is 135 Å². The minimum atomic E-state index is -4.54. The van der Waals surface area contributed by atoms with Crippen LogP contribution >= 0.6 is 0 Å². The molecule has 0 saturated heterocycles. The average molecular weight is 341 g/mol. The summed E-state index contributed by atoms with van der Waals surface area (Å²) in [7, 11) is 0. The van der Waals surface area contributed by atoms with Gasteiger partial charge < -0.3 is 5.32 Å². The molecule has 1 aromatic heterocycles. The summed E-state index contributed by atoms with van der Waals surface area (Å²) in [5, 5.41) is 6.10. The predicted octanol–water partition coefficient (Wildman–Crippen LogP) is 3.87. The number of carbonyl (C=O) groups excluding carboxylic acids is 1. The molecule has 128 valence electrons. The van der Waals surface area contributed by atoms with Crippen molar-refractivity contribution >= 4 is 11.6 Å². The first-order chi connectivity index (χ1) is 11.2. The molecule has 1 aliphatic rings. The van der Waals surface area contributed by atoms with Crippen LogP contribution in [-0.4, -0.2) is 15.7 Å². The van der Waals surface area contributed by atoms with E-state index in [1.54, 1.807) is 6.92 Å². The zero-order chi connectivity index (χ0) is 17.5. The molecule has 0 atom stereocenters. The van der Waals surface area contributed by atoms with Crippen LogP contribution in [0.25, 0.3) is 0 Å². The number of aryl methyl sites for hydroxylation is 1. The van der Waals surface area contributed by atoms with Crippen molar-refractivity contribution in [2.45, 2.75) is 38.4 Å². The molecule has 1 heterocycles. The summed E-state index contributed by atoms with van der Waals surface area (Å²) in [6.07, 6.45) is -2.96. The van der Waals surface area contributed by atoms with Crippen molar-refractivity contribution < 1.29 is 22.4 Å². The molecule has 1 aliphatic carbocycles. The maximum atomic E-state index is 13.1. The zero-order valence-corrected chi connectivity index (χ0v) is 12.8. The fraction of sp³-hybridized carbons (Fsp3) is 0.375. The number of nitrogens with zero attached hydrogens (tertiary/aromatic N) is 2. The number of nitrogens with one attached hydrogen (secondary N) is 1. The molecule has 0 bridgehead atoms. The molecular weight excluding hydrogens is 326 g/mol. The fourth-order valence-electron chi connectivity index (χ4n) is 2.50. The zero-order valence-electron chi connectivity index (χ0n) is 12.8. The molecule has 0 aliphatic heterocycles. The third-order valence-corrected chi connectivity index (χ3v) is 3.85. The van der Waals surface area contributed by atoms with Crippen LogP contribution in [0.15, 0.2) is 24.3 Å². The van der Waals surface area contributed by atoms with Gasteiger partial charge in [0.05, 0.1) is 0 Å². The van der Waals surface area contributed by atoms with Gasteiger partial charge in [-0.05, 0) is 49.6 Å².